The van der Waals surface area contributed by atoms with Crippen LogP contribution in [-0.2, 0) is 19.4 Å². The fourth-order valence-corrected chi connectivity index (χ4v) is 3.37. The average Bonchev–Trinajstić information content (AvgIpc) is 3.48. The van der Waals surface area contributed by atoms with Crippen LogP contribution in [0.3, 0.4) is 0 Å². The minimum Gasteiger partial charge on any atom is -0.497 e. The monoisotopic (exact) mass is 403 g/mol. The smallest absolute Gasteiger partial charge is 0.148 e. The molecule has 2 aromatic carbocycles. The van der Waals surface area contributed by atoms with Crippen molar-refractivity contribution in [3.63, 3.8) is 0 Å². The predicted octanol–water partition coefficient (Wildman–Crippen LogP) is 4.01. The van der Waals surface area contributed by atoms with Gasteiger partial charge in [-0.15, -0.1) is 0 Å². The zero-order valence-electron chi connectivity index (χ0n) is 17.1. The number of methoxy groups -OCH3 is 2. The lowest BCUT2D eigenvalue weighted by Crippen LogP contribution is -2.04. The number of H-pyrrole nitrogens is 1. The van der Waals surface area contributed by atoms with Gasteiger partial charge >= 0.3 is 0 Å². The van der Waals surface area contributed by atoms with Crippen LogP contribution in [0.15, 0.2) is 67.3 Å². The number of hydrogen-bond donors (Lipinski definition) is 2. The SMILES string of the molecule is COc1cc(CCc2cc(NCc3ccccc3-n3ccnc3)n[nH]2)cc(OC)c1. The second-order valence-electron chi connectivity index (χ2n) is 6.95. The molecule has 2 aromatic heterocycles. The van der Waals surface area contributed by atoms with Crippen molar-refractivity contribution in [1.82, 2.24) is 19.7 Å². The quantitative estimate of drug-likeness (QED) is 0.442. The molecule has 0 atom stereocenters. The van der Waals surface area contributed by atoms with Gasteiger partial charge in [-0.05, 0) is 42.2 Å². The Morgan fingerprint density at radius 1 is 1.00 bits per heavy atom. The van der Waals surface area contributed by atoms with Crippen LogP contribution in [0.1, 0.15) is 16.8 Å². The Bertz CT molecular complexity index is 1070. The number of aromatic nitrogens is 4. The van der Waals surface area contributed by atoms with Crippen molar-refractivity contribution in [2.24, 2.45) is 0 Å². The molecule has 154 valence electrons. The maximum atomic E-state index is 5.35. The summed E-state index contributed by atoms with van der Waals surface area (Å²) < 4.78 is 12.7. The van der Waals surface area contributed by atoms with Crippen LogP contribution in [0, 0.1) is 0 Å². The molecule has 0 radical (unpaired) electrons. The van der Waals surface area contributed by atoms with Gasteiger partial charge in [0.05, 0.1) is 26.2 Å². The van der Waals surface area contributed by atoms with Crippen LogP contribution >= 0.6 is 0 Å². The van der Waals surface area contributed by atoms with Crippen LogP contribution < -0.4 is 14.8 Å². The van der Waals surface area contributed by atoms with Gasteiger partial charge in [0.1, 0.15) is 17.3 Å². The lowest BCUT2D eigenvalue weighted by molar-refractivity contribution is 0.393. The summed E-state index contributed by atoms with van der Waals surface area (Å²) in [4.78, 5) is 4.14. The molecule has 0 aliphatic rings. The zero-order valence-corrected chi connectivity index (χ0v) is 17.1. The molecule has 4 aromatic rings. The second-order valence-corrected chi connectivity index (χ2v) is 6.95. The number of aromatic amines is 1. The largest absolute Gasteiger partial charge is 0.497 e. The topological polar surface area (TPSA) is 77.0 Å². The Kier molecular flexibility index (Phi) is 5.98. The maximum absolute atomic E-state index is 5.35. The fraction of sp³-hybridized carbons (Fsp3) is 0.217. The first kappa shape index (κ1) is 19.6. The van der Waals surface area contributed by atoms with Crippen molar-refractivity contribution in [2.75, 3.05) is 19.5 Å². The van der Waals surface area contributed by atoms with Gasteiger partial charge in [0.25, 0.3) is 0 Å². The molecule has 0 amide bonds. The third kappa shape index (κ3) is 4.63. The van der Waals surface area contributed by atoms with E-state index in [1.165, 1.54) is 5.56 Å². The highest BCUT2D eigenvalue weighted by Crippen LogP contribution is 2.23. The van der Waals surface area contributed by atoms with Crippen molar-refractivity contribution in [1.29, 1.82) is 0 Å². The lowest BCUT2D eigenvalue weighted by atomic mass is 10.1. The number of aryl methyl sites for hydroxylation is 2. The molecular weight excluding hydrogens is 378 g/mol. The number of nitrogens with zero attached hydrogens (tertiary/aromatic N) is 3. The number of anilines is 1. The van der Waals surface area contributed by atoms with Crippen LogP contribution in [0.25, 0.3) is 5.69 Å². The predicted molar refractivity (Wildman–Crippen MR) is 116 cm³/mol. The zero-order chi connectivity index (χ0) is 20.8. The van der Waals surface area contributed by atoms with Crippen LogP contribution in [-0.4, -0.2) is 34.0 Å². The van der Waals surface area contributed by atoms with E-state index < -0.39 is 0 Å². The molecule has 7 nitrogen and oxygen atoms in total. The molecule has 0 aliphatic carbocycles. The summed E-state index contributed by atoms with van der Waals surface area (Å²) >= 11 is 0. The summed E-state index contributed by atoms with van der Waals surface area (Å²) in [5.74, 6) is 2.43. The molecule has 0 fully saturated rings. The Hall–Kier alpha value is -3.74. The van der Waals surface area contributed by atoms with E-state index >= 15 is 0 Å². The normalized spacial score (nSPS) is 10.7. The molecule has 4 rings (SSSR count). The molecule has 0 saturated heterocycles. The Balaban J connectivity index is 1.38. The van der Waals surface area contributed by atoms with Gasteiger partial charge in [0.2, 0.25) is 0 Å². The van der Waals surface area contributed by atoms with Crippen LogP contribution in [0.4, 0.5) is 5.82 Å². The van der Waals surface area contributed by atoms with E-state index in [0.29, 0.717) is 6.54 Å². The van der Waals surface area contributed by atoms with Crippen molar-refractivity contribution in [2.45, 2.75) is 19.4 Å². The third-order valence-corrected chi connectivity index (χ3v) is 4.96. The summed E-state index contributed by atoms with van der Waals surface area (Å²) in [5.41, 5.74) is 4.50. The third-order valence-electron chi connectivity index (χ3n) is 4.96. The lowest BCUT2D eigenvalue weighted by Gasteiger charge is -2.10. The van der Waals surface area contributed by atoms with E-state index in [2.05, 4.69) is 38.7 Å². The van der Waals surface area contributed by atoms with E-state index in [1.807, 2.05) is 41.1 Å². The molecule has 0 unspecified atom stereocenters. The standard InChI is InChI=1S/C23H25N5O2/c1-29-20-11-17(12-21(14-20)30-2)7-8-19-13-23(27-26-19)25-15-18-5-3-4-6-22(18)28-10-9-24-16-28/h3-6,9-14,16H,7-8,15H2,1-2H3,(H2,25,26,27). The van der Waals surface area contributed by atoms with E-state index in [-0.39, 0.29) is 0 Å². The van der Waals surface area contributed by atoms with Gasteiger partial charge in [-0.3, -0.25) is 5.10 Å². The van der Waals surface area contributed by atoms with Gasteiger partial charge < -0.3 is 19.4 Å². The average molecular weight is 403 g/mol. The number of imidazole rings is 1. The van der Waals surface area contributed by atoms with Gasteiger partial charge in [-0.1, -0.05) is 18.2 Å². The Morgan fingerprint density at radius 3 is 2.53 bits per heavy atom. The Morgan fingerprint density at radius 2 is 1.80 bits per heavy atom. The van der Waals surface area contributed by atoms with E-state index in [0.717, 1.165) is 47.1 Å². The van der Waals surface area contributed by atoms with E-state index in [1.54, 1.807) is 26.7 Å². The van der Waals surface area contributed by atoms with Crippen molar-refractivity contribution >= 4 is 5.82 Å². The molecule has 0 saturated carbocycles. The highest BCUT2D eigenvalue weighted by molar-refractivity contribution is 5.45. The first-order chi connectivity index (χ1) is 14.7. The number of hydrogen-bond acceptors (Lipinski definition) is 5. The number of rotatable bonds is 9. The van der Waals surface area contributed by atoms with Crippen molar-refractivity contribution in [3.8, 4) is 17.2 Å². The van der Waals surface area contributed by atoms with Gasteiger partial charge in [-0.2, -0.15) is 5.10 Å². The molecule has 30 heavy (non-hydrogen) atoms. The van der Waals surface area contributed by atoms with Gasteiger partial charge in [0.15, 0.2) is 0 Å². The molecule has 2 heterocycles. The highest BCUT2D eigenvalue weighted by Gasteiger charge is 2.07. The first-order valence-corrected chi connectivity index (χ1v) is 9.81. The molecular formula is C23H25N5O2. The number of nitrogens with one attached hydrogen (secondary N) is 2. The summed E-state index contributed by atoms with van der Waals surface area (Å²) in [6.45, 7) is 0.672. The summed E-state index contributed by atoms with van der Waals surface area (Å²) in [6.07, 6.45) is 7.23. The van der Waals surface area contributed by atoms with Crippen molar-refractivity contribution < 1.29 is 9.47 Å². The molecule has 0 bridgehead atoms. The maximum Gasteiger partial charge on any atom is 0.148 e. The molecule has 0 aliphatic heterocycles. The second kappa shape index (κ2) is 9.17. The molecule has 0 spiro atoms. The first-order valence-electron chi connectivity index (χ1n) is 9.81. The van der Waals surface area contributed by atoms with Gasteiger partial charge in [0, 0.05) is 36.8 Å². The van der Waals surface area contributed by atoms with E-state index in [9.17, 15) is 0 Å². The minimum absolute atomic E-state index is 0.672. The van der Waals surface area contributed by atoms with Gasteiger partial charge in [-0.25, -0.2) is 4.98 Å². The summed E-state index contributed by atoms with van der Waals surface area (Å²) in [7, 11) is 3.33. The number of ether oxygens (including phenoxy) is 2. The Labute approximate surface area is 175 Å². The molecule has 2 N–H and O–H groups in total. The van der Waals surface area contributed by atoms with Crippen LogP contribution in [0.2, 0.25) is 0 Å². The van der Waals surface area contributed by atoms with Crippen LogP contribution in [0.5, 0.6) is 11.5 Å². The summed E-state index contributed by atoms with van der Waals surface area (Å²) in [5, 5.41) is 10.9. The highest BCUT2D eigenvalue weighted by atomic mass is 16.5. The number of benzene rings is 2. The van der Waals surface area contributed by atoms with Crippen molar-refractivity contribution in [3.05, 3.63) is 84.1 Å². The fourth-order valence-electron chi connectivity index (χ4n) is 3.37. The minimum atomic E-state index is 0.672. The number of para-hydroxylation sites is 1. The van der Waals surface area contributed by atoms with E-state index in [4.69, 9.17) is 9.47 Å². The summed E-state index contributed by atoms with van der Waals surface area (Å²) in [6, 6.07) is 16.2. The molecule has 7 heteroatoms.